The first-order valence-corrected chi connectivity index (χ1v) is 8.94. The summed E-state index contributed by atoms with van der Waals surface area (Å²) in [5.74, 6) is 1.62. The minimum Gasteiger partial charge on any atom is -0.497 e. The highest BCUT2D eigenvalue weighted by atomic mass is 35.5. The fraction of sp³-hybridized carbons (Fsp3) is 0.150. The van der Waals surface area contributed by atoms with Gasteiger partial charge in [0, 0.05) is 11.6 Å². The number of hydrogen-bond donors (Lipinski definition) is 1. The van der Waals surface area contributed by atoms with Gasteiger partial charge >= 0.3 is 0 Å². The Morgan fingerprint density at radius 2 is 1.96 bits per heavy atom. The maximum atomic E-state index is 6.10. The van der Waals surface area contributed by atoms with Crippen LogP contribution in [0.5, 0.6) is 5.75 Å². The van der Waals surface area contributed by atoms with E-state index < -0.39 is 0 Å². The van der Waals surface area contributed by atoms with Crippen LogP contribution in [-0.4, -0.2) is 33.4 Å². The molecule has 0 spiro atoms. The summed E-state index contributed by atoms with van der Waals surface area (Å²) in [5.41, 5.74) is 2.82. The van der Waals surface area contributed by atoms with Crippen LogP contribution in [0.15, 0.2) is 61.1 Å². The van der Waals surface area contributed by atoms with Gasteiger partial charge in [0.15, 0.2) is 5.65 Å². The van der Waals surface area contributed by atoms with Gasteiger partial charge < -0.3 is 10.1 Å². The maximum absolute atomic E-state index is 6.10. The van der Waals surface area contributed by atoms with Crippen molar-refractivity contribution < 1.29 is 4.74 Å². The summed E-state index contributed by atoms with van der Waals surface area (Å²) in [7, 11) is 1.67. The van der Waals surface area contributed by atoms with Gasteiger partial charge in [-0.2, -0.15) is 5.10 Å². The molecule has 0 bridgehead atoms. The predicted octanol–water partition coefficient (Wildman–Crippen LogP) is 4.13. The smallest absolute Gasteiger partial charge is 0.168 e. The van der Waals surface area contributed by atoms with E-state index in [-0.39, 0.29) is 0 Å². The molecule has 0 amide bonds. The lowest BCUT2D eigenvalue weighted by molar-refractivity contribution is 0.414. The molecule has 136 valence electrons. The van der Waals surface area contributed by atoms with Gasteiger partial charge in [-0.15, -0.1) is 0 Å². The lowest BCUT2D eigenvalue weighted by atomic mass is 10.1. The van der Waals surface area contributed by atoms with Crippen molar-refractivity contribution in [1.82, 2.24) is 19.7 Å². The standard InChI is InChI=1S/C20H18ClN5O/c1-27-17-7-5-14(6-8-17)9-10-22-19-18-12-25-26(20(18)24-13-23-19)16-4-2-3-15(21)11-16/h2-8,11-13H,9-10H2,1H3,(H,22,23,24). The number of fused-ring (bicyclic) bond motifs is 1. The summed E-state index contributed by atoms with van der Waals surface area (Å²) in [4.78, 5) is 8.75. The Kier molecular flexibility index (Phi) is 4.89. The summed E-state index contributed by atoms with van der Waals surface area (Å²) in [6, 6.07) is 15.6. The Morgan fingerprint density at radius 3 is 2.74 bits per heavy atom. The summed E-state index contributed by atoms with van der Waals surface area (Å²) in [5, 5.41) is 9.36. The molecule has 0 aliphatic rings. The van der Waals surface area contributed by atoms with E-state index in [9.17, 15) is 0 Å². The molecule has 2 aromatic heterocycles. The van der Waals surface area contributed by atoms with Crippen molar-refractivity contribution in [2.45, 2.75) is 6.42 Å². The van der Waals surface area contributed by atoms with Crippen LogP contribution < -0.4 is 10.1 Å². The van der Waals surface area contributed by atoms with E-state index >= 15 is 0 Å². The molecule has 0 aliphatic heterocycles. The Bertz CT molecular complexity index is 1060. The first-order valence-electron chi connectivity index (χ1n) is 8.56. The lowest BCUT2D eigenvalue weighted by Crippen LogP contribution is -2.07. The normalized spacial score (nSPS) is 10.9. The zero-order valence-corrected chi connectivity index (χ0v) is 15.5. The van der Waals surface area contributed by atoms with Crippen LogP contribution in [0.2, 0.25) is 5.02 Å². The molecule has 0 fully saturated rings. The Morgan fingerprint density at radius 1 is 1.11 bits per heavy atom. The maximum Gasteiger partial charge on any atom is 0.168 e. The monoisotopic (exact) mass is 379 g/mol. The number of hydrogen-bond acceptors (Lipinski definition) is 5. The van der Waals surface area contributed by atoms with Gasteiger partial charge in [-0.1, -0.05) is 29.8 Å². The number of methoxy groups -OCH3 is 1. The molecule has 2 heterocycles. The van der Waals surface area contributed by atoms with E-state index in [1.165, 1.54) is 5.56 Å². The molecule has 7 heteroatoms. The van der Waals surface area contributed by atoms with Crippen LogP contribution in [0.3, 0.4) is 0 Å². The van der Waals surface area contributed by atoms with Crippen LogP contribution in [0.4, 0.5) is 5.82 Å². The highest BCUT2D eigenvalue weighted by molar-refractivity contribution is 6.30. The molecule has 27 heavy (non-hydrogen) atoms. The van der Waals surface area contributed by atoms with E-state index in [0.29, 0.717) is 5.02 Å². The van der Waals surface area contributed by atoms with Crippen LogP contribution in [0, 0.1) is 0 Å². The van der Waals surface area contributed by atoms with Crippen molar-refractivity contribution in [3.05, 3.63) is 71.6 Å². The molecule has 0 saturated carbocycles. The summed E-state index contributed by atoms with van der Waals surface area (Å²) < 4.78 is 6.95. The van der Waals surface area contributed by atoms with Crippen molar-refractivity contribution in [3.8, 4) is 11.4 Å². The SMILES string of the molecule is COc1ccc(CCNc2ncnc3c2cnn3-c2cccc(Cl)c2)cc1. The largest absolute Gasteiger partial charge is 0.497 e. The average Bonchev–Trinajstić information content (AvgIpc) is 3.13. The van der Waals surface area contributed by atoms with Gasteiger partial charge in [0.1, 0.15) is 17.9 Å². The van der Waals surface area contributed by atoms with E-state index in [1.807, 2.05) is 36.4 Å². The number of nitrogens with zero attached hydrogens (tertiary/aromatic N) is 4. The van der Waals surface area contributed by atoms with E-state index in [1.54, 1.807) is 24.3 Å². The Hall–Kier alpha value is -3.12. The average molecular weight is 380 g/mol. The zero-order chi connectivity index (χ0) is 18.6. The second-order valence-electron chi connectivity index (χ2n) is 6.02. The first kappa shape index (κ1) is 17.3. The second kappa shape index (κ2) is 7.63. The number of anilines is 1. The third-order valence-corrected chi connectivity index (χ3v) is 4.52. The van der Waals surface area contributed by atoms with Gasteiger partial charge in [-0.25, -0.2) is 14.6 Å². The fourth-order valence-electron chi connectivity index (χ4n) is 2.90. The zero-order valence-electron chi connectivity index (χ0n) is 14.8. The third-order valence-electron chi connectivity index (χ3n) is 4.28. The third kappa shape index (κ3) is 3.71. The van der Waals surface area contributed by atoms with E-state index in [4.69, 9.17) is 16.3 Å². The van der Waals surface area contributed by atoms with Gasteiger partial charge in [0.2, 0.25) is 0 Å². The number of halogens is 1. The number of benzene rings is 2. The minimum atomic E-state index is 0.656. The summed E-state index contributed by atoms with van der Waals surface area (Å²) in [6.45, 7) is 0.751. The topological polar surface area (TPSA) is 64.9 Å². The predicted molar refractivity (Wildman–Crippen MR) is 107 cm³/mol. The van der Waals surface area contributed by atoms with Crippen LogP contribution in [0.1, 0.15) is 5.56 Å². The van der Waals surface area contributed by atoms with Crippen molar-refractivity contribution in [1.29, 1.82) is 0 Å². The molecule has 0 aliphatic carbocycles. The Labute approximate surface area is 161 Å². The molecule has 4 rings (SSSR count). The highest BCUT2D eigenvalue weighted by Gasteiger charge is 2.11. The molecule has 1 N–H and O–H groups in total. The molecule has 0 saturated heterocycles. The van der Waals surface area contributed by atoms with Crippen molar-refractivity contribution in [3.63, 3.8) is 0 Å². The minimum absolute atomic E-state index is 0.656. The molecule has 2 aromatic carbocycles. The second-order valence-corrected chi connectivity index (χ2v) is 6.46. The number of nitrogens with one attached hydrogen (secondary N) is 1. The van der Waals surface area contributed by atoms with Crippen molar-refractivity contribution in [2.75, 3.05) is 19.0 Å². The fourth-order valence-corrected chi connectivity index (χ4v) is 3.08. The van der Waals surface area contributed by atoms with Crippen LogP contribution >= 0.6 is 11.6 Å². The molecule has 4 aromatic rings. The van der Waals surface area contributed by atoms with E-state index in [0.717, 1.165) is 41.3 Å². The molecule has 6 nitrogen and oxygen atoms in total. The van der Waals surface area contributed by atoms with Gasteiger partial charge in [-0.3, -0.25) is 0 Å². The summed E-state index contributed by atoms with van der Waals surface area (Å²) >= 11 is 6.10. The number of rotatable bonds is 6. The highest BCUT2D eigenvalue weighted by Crippen LogP contribution is 2.23. The van der Waals surface area contributed by atoms with Crippen molar-refractivity contribution in [2.24, 2.45) is 0 Å². The molecular weight excluding hydrogens is 362 g/mol. The molecule has 0 atom stereocenters. The summed E-state index contributed by atoms with van der Waals surface area (Å²) in [6.07, 6.45) is 4.19. The van der Waals surface area contributed by atoms with Gasteiger partial charge in [0.25, 0.3) is 0 Å². The Balaban J connectivity index is 1.52. The molecule has 0 radical (unpaired) electrons. The van der Waals surface area contributed by atoms with Crippen molar-refractivity contribution >= 4 is 28.5 Å². The number of ether oxygens (including phenoxy) is 1. The quantitative estimate of drug-likeness (QED) is 0.545. The van der Waals surface area contributed by atoms with Gasteiger partial charge in [-0.05, 0) is 42.3 Å². The van der Waals surface area contributed by atoms with Crippen LogP contribution in [-0.2, 0) is 6.42 Å². The van der Waals surface area contributed by atoms with Gasteiger partial charge in [0.05, 0.1) is 24.4 Å². The first-order chi connectivity index (χ1) is 13.2. The molecule has 0 unspecified atom stereocenters. The van der Waals surface area contributed by atoms with E-state index in [2.05, 4.69) is 32.5 Å². The molecular formula is C20H18ClN5O. The van der Waals surface area contributed by atoms with Crippen LogP contribution in [0.25, 0.3) is 16.7 Å². The lowest BCUT2D eigenvalue weighted by Gasteiger charge is -2.08. The number of aromatic nitrogens is 4.